The summed E-state index contributed by atoms with van der Waals surface area (Å²) in [6.07, 6.45) is -8.64. The van der Waals surface area contributed by atoms with Crippen LogP contribution in [-0.2, 0) is 38.2 Å². The molecule has 6 atom stereocenters. The van der Waals surface area contributed by atoms with E-state index in [1.165, 1.54) is 0 Å². The highest BCUT2D eigenvalue weighted by Gasteiger charge is 2.78. The normalized spacial score (nSPS) is 35.3. The fourth-order valence-electron chi connectivity index (χ4n) is 2.98. The van der Waals surface area contributed by atoms with Gasteiger partial charge in [0.1, 0.15) is 6.10 Å². The molecule has 1 aliphatic rings. The van der Waals surface area contributed by atoms with Crippen LogP contribution >= 0.6 is 0 Å². The van der Waals surface area contributed by atoms with Crippen LogP contribution in [0.3, 0.4) is 0 Å². The summed E-state index contributed by atoms with van der Waals surface area (Å²) < 4.78 is 69.9. The molecule has 0 spiro atoms. The molecule has 0 aromatic carbocycles. The van der Waals surface area contributed by atoms with Crippen LogP contribution in [0.5, 0.6) is 0 Å². The molecule has 12 nitrogen and oxygen atoms in total. The molecular weight excluding hydrogens is 461 g/mol. The number of hydrogen-bond donors (Lipinski definition) is 4. The Morgan fingerprint density at radius 3 is 1.68 bits per heavy atom. The maximum absolute atomic E-state index is 12.9. The second-order valence-electron chi connectivity index (χ2n) is 6.85. The van der Waals surface area contributed by atoms with Crippen molar-refractivity contribution in [3.05, 3.63) is 0 Å². The number of Topliss-reactive ketones (excluding diaryl/α,β-unsaturated/α-hetero) is 4. The fraction of sp³-hybridized carbons (Fsp3) is 0.733. The van der Waals surface area contributed by atoms with Gasteiger partial charge in [0.25, 0.3) is 5.79 Å². The standard InChI is InChI=1S/C15H19F3O12S/c1-5(19)9(23)10-12(24,6(2)20)13(25,7(3)21)11(14(26,29-10)8(4)22)30-31(27,28)15(16,17)18/h5,10-11,19,24-26H,1-4H3/t5?,10-,11+,12-,13-,14-/m1/s1. The van der Waals surface area contributed by atoms with Crippen molar-refractivity contribution in [2.45, 2.75) is 68.5 Å². The molecule has 0 radical (unpaired) electrons. The summed E-state index contributed by atoms with van der Waals surface area (Å²) in [5.74, 6) is -11.1. The highest BCUT2D eigenvalue weighted by Crippen LogP contribution is 2.47. The largest absolute Gasteiger partial charge is 0.523 e. The van der Waals surface area contributed by atoms with Gasteiger partial charge in [-0.25, -0.2) is 4.18 Å². The molecule has 1 fully saturated rings. The number of aliphatic hydroxyl groups excluding tert-OH is 1. The van der Waals surface area contributed by atoms with Crippen molar-refractivity contribution >= 4 is 33.3 Å². The van der Waals surface area contributed by atoms with Crippen LogP contribution < -0.4 is 0 Å². The van der Waals surface area contributed by atoms with Crippen LogP contribution in [0.2, 0.25) is 0 Å². The minimum atomic E-state index is -6.80. The van der Waals surface area contributed by atoms with Crippen molar-refractivity contribution in [2.24, 2.45) is 0 Å². The monoisotopic (exact) mass is 480 g/mol. The van der Waals surface area contributed by atoms with E-state index in [-0.39, 0.29) is 0 Å². The minimum absolute atomic E-state index is 0.334. The Balaban J connectivity index is 4.07. The Bertz CT molecular complexity index is 913. The first-order valence-electron chi connectivity index (χ1n) is 8.21. The number of ketones is 4. The number of hydrogen-bond acceptors (Lipinski definition) is 12. The van der Waals surface area contributed by atoms with Gasteiger partial charge < -0.3 is 25.2 Å². The van der Waals surface area contributed by atoms with Gasteiger partial charge in [0.15, 0.2) is 46.5 Å². The molecule has 1 saturated heterocycles. The molecule has 1 unspecified atom stereocenters. The Kier molecular flexibility index (Phi) is 6.98. The molecule has 0 aliphatic carbocycles. The lowest BCUT2D eigenvalue weighted by atomic mass is 9.64. The molecule has 1 rings (SSSR count). The molecule has 1 aliphatic heterocycles. The molecule has 0 amide bonds. The molecule has 0 bridgehead atoms. The average Bonchev–Trinajstić information content (AvgIpc) is 2.59. The van der Waals surface area contributed by atoms with Gasteiger partial charge in [0.2, 0.25) is 0 Å². The lowest BCUT2D eigenvalue weighted by molar-refractivity contribution is -0.351. The van der Waals surface area contributed by atoms with Crippen LogP contribution in [0, 0.1) is 0 Å². The van der Waals surface area contributed by atoms with E-state index in [1.54, 1.807) is 0 Å². The third kappa shape index (κ3) is 3.92. The highest BCUT2D eigenvalue weighted by molar-refractivity contribution is 7.87. The lowest BCUT2D eigenvalue weighted by Gasteiger charge is -2.55. The smallest absolute Gasteiger partial charge is 0.386 e. The summed E-state index contributed by atoms with van der Waals surface area (Å²) in [5.41, 5.74) is -14.3. The first kappa shape index (κ1) is 27.2. The Morgan fingerprint density at radius 1 is 0.968 bits per heavy atom. The van der Waals surface area contributed by atoms with Crippen molar-refractivity contribution in [3.8, 4) is 0 Å². The quantitative estimate of drug-likeness (QED) is 0.220. The van der Waals surface area contributed by atoms with Crippen molar-refractivity contribution in [1.82, 2.24) is 0 Å². The Morgan fingerprint density at radius 2 is 1.39 bits per heavy atom. The van der Waals surface area contributed by atoms with Crippen molar-refractivity contribution in [1.29, 1.82) is 0 Å². The third-order valence-electron chi connectivity index (χ3n) is 4.75. The van der Waals surface area contributed by atoms with Crippen LogP contribution in [0.4, 0.5) is 13.2 Å². The van der Waals surface area contributed by atoms with Gasteiger partial charge in [0.05, 0.1) is 0 Å². The van der Waals surface area contributed by atoms with Crippen molar-refractivity contribution in [3.63, 3.8) is 0 Å². The zero-order valence-electron chi connectivity index (χ0n) is 16.3. The number of alkyl halides is 3. The second-order valence-corrected chi connectivity index (χ2v) is 8.41. The van der Waals surface area contributed by atoms with E-state index < -0.39 is 74.1 Å². The summed E-state index contributed by atoms with van der Waals surface area (Å²) in [6, 6.07) is 0. The highest BCUT2D eigenvalue weighted by atomic mass is 32.2. The molecule has 0 aromatic rings. The zero-order valence-corrected chi connectivity index (χ0v) is 17.1. The number of rotatable bonds is 7. The lowest BCUT2D eigenvalue weighted by Crippen LogP contribution is -2.85. The maximum atomic E-state index is 12.9. The average molecular weight is 480 g/mol. The Labute approximate surface area is 172 Å². The molecular formula is C15H19F3O12S. The summed E-state index contributed by atoms with van der Waals surface area (Å²) >= 11 is 0. The van der Waals surface area contributed by atoms with Gasteiger partial charge >= 0.3 is 15.6 Å². The second kappa shape index (κ2) is 7.95. The van der Waals surface area contributed by atoms with Crippen molar-refractivity contribution < 1.29 is 70.1 Å². The van der Waals surface area contributed by atoms with E-state index in [0.29, 0.717) is 20.8 Å². The number of carbonyl (C=O) groups excluding carboxylic acids is 4. The van der Waals surface area contributed by atoms with Gasteiger partial charge in [-0.15, -0.1) is 0 Å². The molecule has 178 valence electrons. The summed E-state index contributed by atoms with van der Waals surface area (Å²) in [4.78, 5) is 48.8. The molecule has 0 saturated carbocycles. The van der Waals surface area contributed by atoms with Gasteiger partial charge in [-0.1, -0.05) is 0 Å². The van der Waals surface area contributed by atoms with E-state index in [4.69, 9.17) is 0 Å². The SMILES string of the molecule is CC(=O)[C@@]1(O)[C@@H](C(=O)C(C)O)O[C@](O)(C(C)=O)[C@@H](OS(=O)(=O)C(F)(F)F)[C@]1(O)C(C)=O. The minimum Gasteiger partial charge on any atom is -0.386 e. The topological polar surface area (TPSA) is 202 Å². The van der Waals surface area contributed by atoms with Gasteiger partial charge in [-0.2, -0.15) is 21.6 Å². The van der Waals surface area contributed by atoms with E-state index >= 15 is 0 Å². The number of carbonyl (C=O) groups is 4. The summed E-state index contributed by atoms with van der Waals surface area (Å²) in [5, 5.41) is 41.8. The molecule has 16 heteroatoms. The number of aliphatic hydroxyl groups is 4. The number of halogens is 3. The molecule has 1 heterocycles. The van der Waals surface area contributed by atoms with Crippen LogP contribution in [-0.4, -0.2) is 92.8 Å². The zero-order chi connectivity index (χ0) is 25.0. The van der Waals surface area contributed by atoms with Crippen molar-refractivity contribution in [2.75, 3.05) is 0 Å². The van der Waals surface area contributed by atoms with E-state index in [9.17, 15) is 61.2 Å². The molecule has 31 heavy (non-hydrogen) atoms. The predicted molar refractivity (Wildman–Crippen MR) is 88.3 cm³/mol. The van der Waals surface area contributed by atoms with Gasteiger partial charge in [-0.05, 0) is 20.8 Å². The summed E-state index contributed by atoms with van der Waals surface area (Å²) in [6.45, 7) is 1.90. The first-order valence-corrected chi connectivity index (χ1v) is 9.62. The van der Waals surface area contributed by atoms with Gasteiger partial charge in [0, 0.05) is 6.92 Å². The Hall–Kier alpha value is -1.82. The fourth-order valence-corrected chi connectivity index (χ4v) is 3.61. The third-order valence-corrected chi connectivity index (χ3v) is 5.76. The van der Waals surface area contributed by atoms with Gasteiger partial charge in [-0.3, -0.25) is 19.2 Å². The van der Waals surface area contributed by atoms with E-state index in [2.05, 4.69) is 8.92 Å². The summed E-state index contributed by atoms with van der Waals surface area (Å²) in [7, 11) is -6.80. The molecule has 4 N–H and O–H groups in total. The van der Waals surface area contributed by atoms with Crippen LogP contribution in [0.15, 0.2) is 0 Å². The van der Waals surface area contributed by atoms with Crippen LogP contribution in [0.25, 0.3) is 0 Å². The maximum Gasteiger partial charge on any atom is 0.523 e. The number of ether oxygens (including phenoxy) is 1. The molecule has 0 aromatic heterocycles. The predicted octanol–water partition coefficient (Wildman–Crippen LogP) is -2.51. The van der Waals surface area contributed by atoms with E-state index in [0.717, 1.165) is 6.92 Å². The van der Waals surface area contributed by atoms with E-state index in [1.807, 2.05) is 0 Å². The first-order chi connectivity index (χ1) is 13.6. The van der Waals surface area contributed by atoms with Crippen LogP contribution in [0.1, 0.15) is 27.7 Å².